The minimum atomic E-state index is -0.0787. The van der Waals surface area contributed by atoms with Gasteiger partial charge in [-0.25, -0.2) is 0 Å². The van der Waals surface area contributed by atoms with E-state index in [1.807, 2.05) is 19.9 Å². The van der Waals surface area contributed by atoms with Crippen LogP contribution in [-0.2, 0) is 4.79 Å². The number of rotatable bonds is 3. The topological polar surface area (TPSA) is 66.9 Å². The average Bonchev–Trinajstić information content (AvgIpc) is 2.19. The monoisotopic (exact) mass is 194 g/mol. The first-order valence-electron chi connectivity index (χ1n) is 4.39. The fourth-order valence-corrected chi connectivity index (χ4v) is 0.892. The van der Waals surface area contributed by atoms with Crippen molar-refractivity contribution in [3.05, 3.63) is 17.3 Å². The van der Waals surface area contributed by atoms with E-state index in [0.29, 0.717) is 5.82 Å². The van der Waals surface area contributed by atoms with Gasteiger partial charge in [-0.15, -0.1) is 5.10 Å². The Morgan fingerprint density at radius 1 is 1.43 bits per heavy atom. The number of likely N-dealkylation sites (N-methyl/N-ethyl adjacent to an activating group) is 1. The van der Waals surface area contributed by atoms with E-state index in [-0.39, 0.29) is 12.5 Å². The lowest BCUT2D eigenvalue weighted by Crippen LogP contribution is -2.26. The van der Waals surface area contributed by atoms with Crippen molar-refractivity contribution in [2.24, 2.45) is 0 Å². The number of nitrogens with zero attached hydrogens (tertiary/aromatic N) is 2. The molecule has 0 bridgehead atoms. The summed E-state index contributed by atoms with van der Waals surface area (Å²) in [6.45, 7) is 4.06. The summed E-state index contributed by atoms with van der Waals surface area (Å²) in [5.41, 5.74) is 1.95. The van der Waals surface area contributed by atoms with Gasteiger partial charge in [-0.3, -0.25) is 4.79 Å². The number of hydrogen-bond acceptors (Lipinski definition) is 4. The molecule has 1 heterocycles. The van der Waals surface area contributed by atoms with Crippen molar-refractivity contribution in [3.8, 4) is 0 Å². The molecule has 0 aliphatic heterocycles. The lowest BCUT2D eigenvalue weighted by molar-refractivity contribution is -0.118. The molecule has 0 aliphatic carbocycles. The van der Waals surface area contributed by atoms with Crippen LogP contribution in [0.5, 0.6) is 0 Å². The van der Waals surface area contributed by atoms with Gasteiger partial charge in [0.25, 0.3) is 0 Å². The summed E-state index contributed by atoms with van der Waals surface area (Å²) in [5.74, 6) is 0.543. The normalized spacial score (nSPS) is 9.64. The molecule has 0 atom stereocenters. The van der Waals surface area contributed by atoms with Gasteiger partial charge in [0, 0.05) is 7.05 Å². The zero-order valence-corrected chi connectivity index (χ0v) is 8.59. The van der Waals surface area contributed by atoms with Gasteiger partial charge in [0.2, 0.25) is 5.91 Å². The molecule has 0 unspecified atom stereocenters. The van der Waals surface area contributed by atoms with Crippen molar-refractivity contribution in [1.82, 2.24) is 15.5 Å². The Kier molecular flexibility index (Phi) is 3.39. The fourth-order valence-electron chi connectivity index (χ4n) is 0.892. The van der Waals surface area contributed by atoms with E-state index in [4.69, 9.17) is 0 Å². The summed E-state index contributed by atoms with van der Waals surface area (Å²) in [6, 6.07) is 1.87. The second-order valence-corrected chi connectivity index (χ2v) is 3.02. The zero-order valence-electron chi connectivity index (χ0n) is 8.59. The zero-order chi connectivity index (χ0) is 10.6. The summed E-state index contributed by atoms with van der Waals surface area (Å²) < 4.78 is 0. The second kappa shape index (κ2) is 4.55. The van der Waals surface area contributed by atoms with Gasteiger partial charge in [-0.05, 0) is 25.5 Å². The average molecular weight is 194 g/mol. The number of aryl methyl sites for hydroxylation is 2. The van der Waals surface area contributed by atoms with E-state index in [2.05, 4.69) is 20.8 Å². The van der Waals surface area contributed by atoms with Crippen LogP contribution in [0.4, 0.5) is 5.82 Å². The van der Waals surface area contributed by atoms with Crippen molar-refractivity contribution in [2.75, 3.05) is 18.9 Å². The van der Waals surface area contributed by atoms with Crippen LogP contribution in [0, 0.1) is 13.8 Å². The van der Waals surface area contributed by atoms with Crippen molar-refractivity contribution in [1.29, 1.82) is 0 Å². The third kappa shape index (κ3) is 2.69. The fraction of sp³-hybridized carbons (Fsp3) is 0.444. The Bertz CT molecular complexity index is 338. The molecule has 0 spiro atoms. The van der Waals surface area contributed by atoms with Crippen molar-refractivity contribution in [3.63, 3.8) is 0 Å². The van der Waals surface area contributed by atoms with Gasteiger partial charge >= 0.3 is 0 Å². The Balaban J connectivity index is 2.60. The molecule has 0 aliphatic rings. The smallest absolute Gasteiger partial charge is 0.239 e. The number of amides is 1. The van der Waals surface area contributed by atoms with Gasteiger partial charge in [0.05, 0.1) is 12.2 Å². The number of hydrogen-bond donors (Lipinski definition) is 2. The van der Waals surface area contributed by atoms with E-state index in [0.717, 1.165) is 11.3 Å². The molecule has 1 rings (SSSR count). The largest absolute Gasteiger partial charge is 0.360 e. The molecular formula is C9H14N4O. The highest BCUT2D eigenvalue weighted by atomic mass is 16.1. The highest BCUT2D eigenvalue weighted by Gasteiger charge is 2.01. The Labute approximate surface area is 82.9 Å². The first-order chi connectivity index (χ1) is 6.63. The SMILES string of the molecule is CNC(=O)CNc1cc(C)c(C)nn1. The molecule has 0 saturated carbocycles. The highest BCUT2D eigenvalue weighted by molar-refractivity contribution is 5.79. The minimum Gasteiger partial charge on any atom is -0.360 e. The Morgan fingerprint density at radius 2 is 2.14 bits per heavy atom. The van der Waals surface area contributed by atoms with Crippen LogP contribution < -0.4 is 10.6 Å². The molecule has 5 nitrogen and oxygen atoms in total. The second-order valence-electron chi connectivity index (χ2n) is 3.02. The minimum absolute atomic E-state index is 0.0787. The molecule has 5 heteroatoms. The van der Waals surface area contributed by atoms with Crippen LogP contribution >= 0.6 is 0 Å². The molecule has 0 radical (unpaired) electrons. The maximum absolute atomic E-state index is 10.9. The Morgan fingerprint density at radius 3 is 2.71 bits per heavy atom. The number of carbonyl (C=O) groups excluding carboxylic acids is 1. The summed E-state index contributed by atoms with van der Waals surface area (Å²) in [5, 5.41) is 13.2. The number of nitrogens with one attached hydrogen (secondary N) is 2. The molecule has 1 amide bonds. The van der Waals surface area contributed by atoms with Crippen LogP contribution in [-0.4, -0.2) is 29.7 Å². The van der Waals surface area contributed by atoms with Gasteiger partial charge in [0.1, 0.15) is 5.82 Å². The van der Waals surface area contributed by atoms with Crippen molar-refractivity contribution < 1.29 is 4.79 Å². The standard InChI is InChI=1S/C9H14N4O/c1-6-4-8(13-12-7(6)2)11-5-9(14)10-3/h4H,5H2,1-3H3,(H,10,14)(H,11,13). The lowest BCUT2D eigenvalue weighted by Gasteiger charge is -2.05. The lowest BCUT2D eigenvalue weighted by atomic mass is 10.2. The molecule has 0 aromatic carbocycles. The molecule has 14 heavy (non-hydrogen) atoms. The number of anilines is 1. The first-order valence-corrected chi connectivity index (χ1v) is 4.39. The maximum atomic E-state index is 10.9. The van der Waals surface area contributed by atoms with Crippen LogP contribution in [0.25, 0.3) is 0 Å². The molecule has 1 aromatic rings. The molecule has 0 saturated heterocycles. The van der Waals surface area contributed by atoms with Crippen LogP contribution in [0.1, 0.15) is 11.3 Å². The van der Waals surface area contributed by atoms with Gasteiger partial charge in [-0.1, -0.05) is 0 Å². The summed E-state index contributed by atoms with van der Waals surface area (Å²) in [7, 11) is 1.59. The number of carbonyl (C=O) groups is 1. The van der Waals surface area contributed by atoms with Gasteiger partial charge < -0.3 is 10.6 Å². The predicted octanol–water partition coefficient (Wildman–Crippen LogP) is 0.251. The van der Waals surface area contributed by atoms with E-state index in [1.165, 1.54) is 0 Å². The van der Waals surface area contributed by atoms with E-state index in [1.54, 1.807) is 7.05 Å². The van der Waals surface area contributed by atoms with E-state index < -0.39 is 0 Å². The van der Waals surface area contributed by atoms with Crippen molar-refractivity contribution >= 4 is 11.7 Å². The molecule has 1 aromatic heterocycles. The quantitative estimate of drug-likeness (QED) is 0.724. The van der Waals surface area contributed by atoms with Crippen LogP contribution in [0.3, 0.4) is 0 Å². The maximum Gasteiger partial charge on any atom is 0.239 e. The summed E-state index contributed by atoms with van der Waals surface area (Å²) >= 11 is 0. The Hall–Kier alpha value is -1.65. The van der Waals surface area contributed by atoms with Gasteiger partial charge in [-0.2, -0.15) is 5.10 Å². The van der Waals surface area contributed by atoms with Crippen molar-refractivity contribution in [2.45, 2.75) is 13.8 Å². The van der Waals surface area contributed by atoms with Crippen LogP contribution in [0.2, 0.25) is 0 Å². The van der Waals surface area contributed by atoms with E-state index >= 15 is 0 Å². The summed E-state index contributed by atoms with van der Waals surface area (Å²) in [4.78, 5) is 10.9. The summed E-state index contributed by atoms with van der Waals surface area (Å²) in [6.07, 6.45) is 0. The molecular weight excluding hydrogens is 180 g/mol. The highest BCUT2D eigenvalue weighted by Crippen LogP contribution is 2.06. The third-order valence-corrected chi connectivity index (χ3v) is 1.94. The van der Waals surface area contributed by atoms with E-state index in [9.17, 15) is 4.79 Å². The molecule has 0 fully saturated rings. The predicted molar refractivity (Wildman–Crippen MR) is 54.1 cm³/mol. The van der Waals surface area contributed by atoms with Gasteiger partial charge in [0.15, 0.2) is 0 Å². The molecule has 2 N–H and O–H groups in total. The number of aromatic nitrogens is 2. The molecule has 76 valence electrons. The third-order valence-electron chi connectivity index (χ3n) is 1.94. The first kappa shape index (κ1) is 10.4. The van der Waals surface area contributed by atoms with Crippen LogP contribution in [0.15, 0.2) is 6.07 Å².